The number of hydrogen-bond acceptors (Lipinski definition) is 3. The maximum Gasteiger partial charge on any atom is 0.113 e. The molecule has 1 aliphatic heterocycles. The molecular formula is C14H18N4. The highest BCUT2D eigenvalue weighted by Crippen LogP contribution is 2.24. The van der Waals surface area contributed by atoms with E-state index < -0.39 is 0 Å². The lowest BCUT2D eigenvalue weighted by molar-refractivity contribution is 0.422. The van der Waals surface area contributed by atoms with E-state index >= 15 is 0 Å². The Balaban J connectivity index is 1.56. The van der Waals surface area contributed by atoms with E-state index in [1.165, 1.54) is 18.7 Å². The number of nitrogens with zero attached hydrogens (tertiary/aromatic N) is 3. The number of aryl methyl sites for hydroxylation is 1. The number of aromatic nitrogens is 3. The van der Waals surface area contributed by atoms with Crippen LogP contribution in [0.25, 0.3) is 0 Å². The maximum absolute atomic E-state index is 4.47. The molecule has 2 aromatic heterocycles. The molecule has 0 aromatic carbocycles. The lowest BCUT2D eigenvalue weighted by Crippen LogP contribution is -2.26. The molecule has 3 rings (SSSR count). The van der Waals surface area contributed by atoms with Crippen LogP contribution in [0.3, 0.4) is 0 Å². The molecule has 0 amide bonds. The minimum atomic E-state index is 0.539. The van der Waals surface area contributed by atoms with E-state index in [1.54, 1.807) is 0 Å². The first-order valence-corrected chi connectivity index (χ1v) is 6.55. The van der Waals surface area contributed by atoms with Crippen molar-refractivity contribution >= 4 is 0 Å². The molecule has 0 saturated carbocycles. The number of rotatable bonds is 4. The Bertz CT molecular complexity index is 492. The molecular weight excluding hydrogens is 224 g/mol. The average Bonchev–Trinajstić information content (AvgIpc) is 2.89. The van der Waals surface area contributed by atoms with Crippen LogP contribution in [0.15, 0.2) is 36.8 Å². The summed E-state index contributed by atoms with van der Waals surface area (Å²) in [6.07, 6.45) is 8.31. The summed E-state index contributed by atoms with van der Waals surface area (Å²) < 4.78 is 2.27. The van der Waals surface area contributed by atoms with Gasteiger partial charge in [0.15, 0.2) is 0 Å². The van der Waals surface area contributed by atoms with Crippen LogP contribution in [0.1, 0.15) is 30.3 Å². The van der Waals surface area contributed by atoms with E-state index in [1.807, 2.05) is 24.5 Å². The summed E-state index contributed by atoms with van der Waals surface area (Å²) in [6.45, 7) is 2.93. The Morgan fingerprint density at radius 3 is 3.17 bits per heavy atom. The van der Waals surface area contributed by atoms with E-state index in [2.05, 4.69) is 32.1 Å². The van der Waals surface area contributed by atoms with Crippen molar-refractivity contribution in [3.05, 3.63) is 48.3 Å². The molecule has 0 aliphatic carbocycles. The van der Waals surface area contributed by atoms with E-state index in [-0.39, 0.29) is 0 Å². The number of nitrogens with one attached hydrogen (secondary N) is 1. The number of fused-ring (bicyclic) bond motifs is 1. The third kappa shape index (κ3) is 2.43. The van der Waals surface area contributed by atoms with E-state index in [4.69, 9.17) is 0 Å². The highest BCUT2D eigenvalue weighted by molar-refractivity contribution is 5.06. The van der Waals surface area contributed by atoms with Gasteiger partial charge in [-0.2, -0.15) is 0 Å². The predicted molar refractivity (Wildman–Crippen MR) is 70.1 cm³/mol. The van der Waals surface area contributed by atoms with Crippen LogP contribution >= 0.6 is 0 Å². The highest BCUT2D eigenvalue weighted by Gasteiger charge is 2.20. The van der Waals surface area contributed by atoms with Gasteiger partial charge in [-0.1, -0.05) is 6.07 Å². The zero-order chi connectivity index (χ0) is 12.2. The minimum absolute atomic E-state index is 0.539. The standard InChI is InChI=1S/C14H18N4/c1-2-6-16-13(5-1)11-15-10-12-4-3-8-18-9-7-17-14(12)18/h1-2,5-7,9,12,15H,3-4,8,10-11H2/t12-/m1/s1. The fraction of sp³-hybridized carbons (Fsp3) is 0.429. The molecule has 94 valence electrons. The smallest absolute Gasteiger partial charge is 0.113 e. The summed E-state index contributed by atoms with van der Waals surface area (Å²) in [4.78, 5) is 8.78. The highest BCUT2D eigenvalue weighted by atomic mass is 15.1. The summed E-state index contributed by atoms with van der Waals surface area (Å²) in [5, 5.41) is 3.49. The zero-order valence-corrected chi connectivity index (χ0v) is 10.4. The molecule has 4 heteroatoms. The van der Waals surface area contributed by atoms with Gasteiger partial charge in [-0.3, -0.25) is 4.98 Å². The van der Waals surface area contributed by atoms with Crippen LogP contribution in [-0.4, -0.2) is 21.1 Å². The number of imidazole rings is 1. The maximum atomic E-state index is 4.47. The fourth-order valence-electron chi connectivity index (χ4n) is 2.58. The largest absolute Gasteiger partial charge is 0.335 e. The van der Waals surface area contributed by atoms with Crippen LogP contribution in [0.4, 0.5) is 0 Å². The fourth-order valence-corrected chi connectivity index (χ4v) is 2.58. The molecule has 0 bridgehead atoms. The molecule has 18 heavy (non-hydrogen) atoms. The minimum Gasteiger partial charge on any atom is -0.335 e. The molecule has 0 saturated heterocycles. The number of hydrogen-bond donors (Lipinski definition) is 1. The van der Waals surface area contributed by atoms with E-state index in [9.17, 15) is 0 Å². The second-order valence-electron chi connectivity index (χ2n) is 4.77. The molecule has 0 unspecified atom stereocenters. The zero-order valence-electron chi connectivity index (χ0n) is 10.4. The molecule has 2 aromatic rings. The van der Waals surface area contributed by atoms with Crippen molar-refractivity contribution in [2.75, 3.05) is 6.54 Å². The SMILES string of the molecule is c1ccc(CNC[C@H]2CCCn3ccnc32)nc1. The third-order valence-corrected chi connectivity index (χ3v) is 3.49. The van der Waals surface area contributed by atoms with Gasteiger partial charge < -0.3 is 9.88 Å². The molecule has 3 heterocycles. The first-order valence-electron chi connectivity index (χ1n) is 6.55. The van der Waals surface area contributed by atoms with Crippen molar-refractivity contribution in [1.29, 1.82) is 0 Å². The Morgan fingerprint density at radius 2 is 2.28 bits per heavy atom. The molecule has 4 nitrogen and oxygen atoms in total. The average molecular weight is 242 g/mol. The Morgan fingerprint density at radius 1 is 1.28 bits per heavy atom. The normalized spacial score (nSPS) is 18.6. The molecule has 0 spiro atoms. The topological polar surface area (TPSA) is 42.7 Å². The summed E-state index contributed by atoms with van der Waals surface area (Å²) in [6, 6.07) is 6.02. The van der Waals surface area contributed by atoms with Crippen LogP contribution in [0.5, 0.6) is 0 Å². The Labute approximate surface area is 107 Å². The lowest BCUT2D eigenvalue weighted by atomic mass is 9.99. The van der Waals surface area contributed by atoms with E-state index in [0.29, 0.717) is 5.92 Å². The van der Waals surface area contributed by atoms with Crippen LogP contribution in [0, 0.1) is 0 Å². The van der Waals surface area contributed by atoms with Crippen molar-refractivity contribution < 1.29 is 0 Å². The van der Waals surface area contributed by atoms with E-state index in [0.717, 1.165) is 25.3 Å². The molecule has 0 radical (unpaired) electrons. The van der Waals surface area contributed by atoms with Crippen molar-refractivity contribution in [2.24, 2.45) is 0 Å². The molecule has 1 N–H and O–H groups in total. The summed E-state index contributed by atoms with van der Waals surface area (Å²) in [5.74, 6) is 1.77. The Kier molecular flexibility index (Phi) is 3.37. The first kappa shape index (κ1) is 11.4. The second-order valence-corrected chi connectivity index (χ2v) is 4.77. The van der Waals surface area contributed by atoms with Crippen molar-refractivity contribution in [3.8, 4) is 0 Å². The molecule has 1 atom stereocenters. The third-order valence-electron chi connectivity index (χ3n) is 3.49. The monoisotopic (exact) mass is 242 g/mol. The van der Waals surface area contributed by atoms with Crippen LogP contribution in [-0.2, 0) is 13.1 Å². The van der Waals surface area contributed by atoms with Gasteiger partial charge in [0.1, 0.15) is 5.82 Å². The van der Waals surface area contributed by atoms with Gasteiger partial charge in [-0.15, -0.1) is 0 Å². The quantitative estimate of drug-likeness (QED) is 0.891. The van der Waals surface area contributed by atoms with Gasteiger partial charge in [-0.05, 0) is 25.0 Å². The predicted octanol–water partition coefficient (Wildman–Crippen LogP) is 1.95. The summed E-state index contributed by atoms with van der Waals surface area (Å²) in [5.41, 5.74) is 1.09. The lowest BCUT2D eigenvalue weighted by Gasteiger charge is -2.23. The molecule has 0 fully saturated rings. The van der Waals surface area contributed by atoms with Crippen LogP contribution < -0.4 is 5.32 Å². The van der Waals surface area contributed by atoms with Gasteiger partial charge in [0.25, 0.3) is 0 Å². The van der Waals surface area contributed by atoms with Gasteiger partial charge in [0.2, 0.25) is 0 Å². The van der Waals surface area contributed by atoms with Crippen LogP contribution in [0.2, 0.25) is 0 Å². The van der Waals surface area contributed by atoms with Gasteiger partial charge >= 0.3 is 0 Å². The van der Waals surface area contributed by atoms with Gasteiger partial charge in [0.05, 0.1) is 5.69 Å². The van der Waals surface area contributed by atoms with Gasteiger partial charge in [-0.25, -0.2) is 4.98 Å². The number of pyridine rings is 1. The Hall–Kier alpha value is -1.68. The molecule has 1 aliphatic rings. The summed E-state index contributed by atoms with van der Waals surface area (Å²) >= 11 is 0. The van der Waals surface area contributed by atoms with Gasteiger partial charge in [0, 0.05) is 44.1 Å². The second kappa shape index (κ2) is 5.31. The van der Waals surface area contributed by atoms with Crippen molar-refractivity contribution in [1.82, 2.24) is 19.9 Å². The van der Waals surface area contributed by atoms with Crippen molar-refractivity contribution in [2.45, 2.75) is 31.8 Å². The first-order chi connectivity index (χ1) is 8.93. The van der Waals surface area contributed by atoms with Crippen molar-refractivity contribution in [3.63, 3.8) is 0 Å². The summed E-state index contributed by atoms with van der Waals surface area (Å²) in [7, 11) is 0.